The molecule has 23 heavy (non-hydrogen) atoms. The zero-order valence-corrected chi connectivity index (χ0v) is 13.5. The molecule has 0 atom stereocenters. The summed E-state index contributed by atoms with van der Waals surface area (Å²) in [5.41, 5.74) is 2.73. The summed E-state index contributed by atoms with van der Waals surface area (Å²) in [7, 11) is 0. The Labute approximate surface area is 138 Å². The number of aromatic nitrogens is 3. The fourth-order valence-electron chi connectivity index (χ4n) is 2.22. The van der Waals surface area contributed by atoms with Gasteiger partial charge in [-0.1, -0.05) is 35.9 Å². The number of pyridine rings is 1. The van der Waals surface area contributed by atoms with E-state index in [9.17, 15) is 4.79 Å². The molecule has 116 valence electrons. The topological polar surface area (TPSA) is 59.8 Å². The van der Waals surface area contributed by atoms with E-state index in [1.165, 1.54) is 0 Å². The highest BCUT2D eigenvalue weighted by Crippen LogP contribution is 2.24. The largest absolute Gasteiger partial charge is 0.306 e. The highest BCUT2D eigenvalue weighted by Gasteiger charge is 2.21. The van der Waals surface area contributed by atoms with E-state index in [1.54, 1.807) is 23.9 Å². The van der Waals surface area contributed by atoms with Gasteiger partial charge >= 0.3 is 0 Å². The number of hydrogen-bond acceptors (Lipinski definition) is 3. The van der Waals surface area contributed by atoms with Crippen LogP contribution in [-0.2, 0) is 0 Å². The third-order valence-electron chi connectivity index (χ3n) is 3.38. The maximum Gasteiger partial charge on any atom is 0.261 e. The molecule has 6 heteroatoms. The Bertz CT molecular complexity index is 841. The molecule has 0 saturated heterocycles. The summed E-state index contributed by atoms with van der Waals surface area (Å²) in [4.78, 5) is 16.7. The SMILES string of the molecule is Cc1ccc(NC(=O)c2c(C)nn(-c3ccccc3)c2Cl)nc1. The smallest absolute Gasteiger partial charge is 0.261 e. The number of para-hydroxylation sites is 1. The third kappa shape index (κ3) is 3.10. The molecule has 0 bridgehead atoms. The number of hydrogen-bond donors (Lipinski definition) is 1. The molecule has 5 nitrogen and oxygen atoms in total. The lowest BCUT2D eigenvalue weighted by molar-refractivity contribution is 0.102. The number of nitrogens with zero attached hydrogens (tertiary/aromatic N) is 3. The first-order valence-electron chi connectivity index (χ1n) is 7.11. The number of amides is 1. The average Bonchev–Trinajstić information content (AvgIpc) is 2.85. The minimum Gasteiger partial charge on any atom is -0.306 e. The minimum absolute atomic E-state index is 0.276. The van der Waals surface area contributed by atoms with Crippen LogP contribution >= 0.6 is 11.6 Å². The van der Waals surface area contributed by atoms with E-state index in [0.29, 0.717) is 17.1 Å². The molecule has 2 aromatic heterocycles. The lowest BCUT2D eigenvalue weighted by Crippen LogP contribution is -2.14. The van der Waals surface area contributed by atoms with E-state index < -0.39 is 0 Å². The number of benzene rings is 1. The Morgan fingerprint density at radius 1 is 1.13 bits per heavy atom. The molecule has 0 aliphatic heterocycles. The quantitative estimate of drug-likeness (QED) is 0.796. The minimum atomic E-state index is -0.328. The molecule has 3 aromatic rings. The van der Waals surface area contributed by atoms with Crippen LogP contribution in [0, 0.1) is 13.8 Å². The van der Waals surface area contributed by atoms with Crippen molar-refractivity contribution in [2.24, 2.45) is 0 Å². The second-order valence-electron chi connectivity index (χ2n) is 5.17. The summed E-state index contributed by atoms with van der Waals surface area (Å²) in [5.74, 6) is 0.148. The molecule has 1 aromatic carbocycles. The number of halogens is 1. The average molecular weight is 327 g/mol. The van der Waals surface area contributed by atoms with E-state index in [-0.39, 0.29) is 11.1 Å². The van der Waals surface area contributed by atoms with E-state index >= 15 is 0 Å². The lowest BCUT2D eigenvalue weighted by atomic mass is 10.2. The van der Waals surface area contributed by atoms with Crippen LogP contribution in [0.15, 0.2) is 48.7 Å². The first-order valence-corrected chi connectivity index (χ1v) is 7.48. The van der Waals surface area contributed by atoms with Crippen molar-refractivity contribution >= 4 is 23.3 Å². The van der Waals surface area contributed by atoms with Gasteiger partial charge in [-0.25, -0.2) is 9.67 Å². The Balaban J connectivity index is 1.92. The van der Waals surface area contributed by atoms with Crippen LogP contribution in [0.4, 0.5) is 5.82 Å². The van der Waals surface area contributed by atoms with Gasteiger partial charge in [-0.15, -0.1) is 0 Å². The summed E-state index contributed by atoms with van der Waals surface area (Å²) in [5, 5.41) is 7.38. The third-order valence-corrected chi connectivity index (χ3v) is 3.73. The summed E-state index contributed by atoms with van der Waals surface area (Å²) < 4.78 is 1.55. The van der Waals surface area contributed by atoms with Gasteiger partial charge in [0.1, 0.15) is 16.5 Å². The van der Waals surface area contributed by atoms with Crippen LogP contribution in [0.2, 0.25) is 5.15 Å². The molecular formula is C17H15ClN4O. The number of aryl methyl sites for hydroxylation is 2. The zero-order chi connectivity index (χ0) is 16.4. The molecular weight excluding hydrogens is 312 g/mol. The van der Waals surface area contributed by atoms with Crippen LogP contribution < -0.4 is 5.32 Å². The highest BCUT2D eigenvalue weighted by atomic mass is 35.5. The van der Waals surface area contributed by atoms with E-state index in [0.717, 1.165) is 11.3 Å². The second-order valence-corrected chi connectivity index (χ2v) is 5.53. The van der Waals surface area contributed by atoms with Crippen LogP contribution in [0.3, 0.4) is 0 Å². The number of carbonyl (C=O) groups is 1. The van der Waals surface area contributed by atoms with Crippen molar-refractivity contribution < 1.29 is 4.79 Å². The number of carbonyl (C=O) groups excluding carboxylic acids is 1. The van der Waals surface area contributed by atoms with Gasteiger partial charge in [-0.2, -0.15) is 5.10 Å². The predicted molar refractivity (Wildman–Crippen MR) is 90.2 cm³/mol. The monoisotopic (exact) mass is 326 g/mol. The van der Waals surface area contributed by atoms with Crippen molar-refractivity contribution in [2.75, 3.05) is 5.32 Å². The van der Waals surface area contributed by atoms with Gasteiger partial charge < -0.3 is 5.32 Å². The molecule has 0 aliphatic rings. The molecule has 0 saturated carbocycles. The Morgan fingerprint density at radius 2 is 1.87 bits per heavy atom. The molecule has 2 heterocycles. The van der Waals surface area contributed by atoms with Crippen molar-refractivity contribution in [3.63, 3.8) is 0 Å². The van der Waals surface area contributed by atoms with Gasteiger partial charge in [0.15, 0.2) is 0 Å². The molecule has 1 N–H and O–H groups in total. The van der Waals surface area contributed by atoms with Gasteiger partial charge in [0.25, 0.3) is 5.91 Å². The van der Waals surface area contributed by atoms with Crippen molar-refractivity contribution in [1.82, 2.24) is 14.8 Å². The van der Waals surface area contributed by atoms with Crippen LogP contribution in [0.1, 0.15) is 21.6 Å². The molecule has 3 rings (SSSR count). The van der Waals surface area contributed by atoms with Gasteiger partial charge in [-0.05, 0) is 37.6 Å². The van der Waals surface area contributed by atoms with Crippen molar-refractivity contribution in [3.05, 3.63) is 70.6 Å². The summed E-state index contributed by atoms with van der Waals surface area (Å²) >= 11 is 6.37. The van der Waals surface area contributed by atoms with Crippen LogP contribution in [-0.4, -0.2) is 20.7 Å². The maximum atomic E-state index is 12.5. The second kappa shape index (κ2) is 6.22. The van der Waals surface area contributed by atoms with E-state index in [1.807, 2.05) is 43.3 Å². The van der Waals surface area contributed by atoms with Crippen molar-refractivity contribution in [2.45, 2.75) is 13.8 Å². The van der Waals surface area contributed by atoms with Gasteiger partial charge in [-0.3, -0.25) is 4.79 Å². The predicted octanol–water partition coefficient (Wildman–Crippen LogP) is 3.79. The lowest BCUT2D eigenvalue weighted by Gasteiger charge is -2.05. The number of nitrogens with one attached hydrogen (secondary N) is 1. The maximum absolute atomic E-state index is 12.5. The molecule has 0 aliphatic carbocycles. The first-order chi connectivity index (χ1) is 11.1. The van der Waals surface area contributed by atoms with Crippen LogP contribution in [0.25, 0.3) is 5.69 Å². The van der Waals surface area contributed by atoms with Crippen molar-refractivity contribution in [3.8, 4) is 5.69 Å². The normalized spacial score (nSPS) is 10.6. The van der Waals surface area contributed by atoms with E-state index in [4.69, 9.17) is 11.6 Å². The standard InChI is InChI=1S/C17H15ClN4O/c1-11-8-9-14(19-10-11)20-17(23)15-12(2)21-22(16(15)18)13-6-4-3-5-7-13/h3-10H,1-2H3,(H,19,20,23). The Morgan fingerprint density at radius 3 is 2.52 bits per heavy atom. The molecule has 0 spiro atoms. The van der Waals surface area contributed by atoms with Crippen molar-refractivity contribution in [1.29, 1.82) is 0 Å². The van der Waals surface area contributed by atoms with Crippen LogP contribution in [0.5, 0.6) is 0 Å². The highest BCUT2D eigenvalue weighted by molar-refractivity contribution is 6.34. The summed E-state index contributed by atoms with van der Waals surface area (Å²) in [6.45, 7) is 3.69. The summed E-state index contributed by atoms with van der Waals surface area (Å²) in [6, 6.07) is 13.1. The summed E-state index contributed by atoms with van der Waals surface area (Å²) in [6.07, 6.45) is 1.69. The number of rotatable bonds is 3. The Hall–Kier alpha value is -2.66. The molecule has 0 fully saturated rings. The zero-order valence-electron chi connectivity index (χ0n) is 12.7. The Kier molecular flexibility index (Phi) is 4.12. The van der Waals surface area contributed by atoms with E-state index in [2.05, 4.69) is 15.4 Å². The fraction of sp³-hybridized carbons (Fsp3) is 0.118. The fourth-order valence-corrected chi connectivity index (χ4v) is 2.58. The molecule has 0 radical (unpaired) electrons. The molecule has 1 amide bonds. The van der Waals surface area contributed by atoms with Gasteiger partial charge in [0.2, 0.25) is 0 Å². The molecule has 0 unspecified atom stereocenters. The van der Waals surface area contributed by atoms with Gasteiger partial charge in [0.05, 0.1) is 11.4 Å². The first kappa shape index (κ1) is 15.2. The van der Waals surface area contributed by atoms with Gasteiger partial charge in [0, 0.05) is 6.20 Å². The number of anilines is 1.